The molecule has 0 atom stereocenters. The molecule has 2 aromatic heterocycles. The molecule has 33 heavy (non-hydrogen) atoms. The number of benzene rings is 1. The van der Waals surface area contributed by atoms with Gasteiger partial charge >= 0.3 is 12.0 Å². The highest BCUT2D eigenvalue weighted by molar-refractivity contribution is 7.18. The Labute approximate surface area is 198 Å². The van der Waals surface area contributed by atoms with Crippen molar-refractivity contribution in [3.8, 4) is 5.75 Å². The van der Waals surface area contributed by atoms with Gasteiger partial charge in [-0.25, -0.2) is 14.6 Å². The molecule has 0 spiro atoms. The van der Waals surface area contributed by atoms with Crippen molar-refractivity contribution in [2.24, 2.45) is 0 Å². The summed E-state index contributed by atoms with van der Waals surface area (Å²) in [4.78, 5) is 31.7. The molecule has 1 N–H and O–H groups in total. The van der Waals surface area contributed by atoms with Gasteiger partial charge in [-0.05, 0) is 44.9 Å². The van der Waals surface area contributed by atoms with E-state index in [0.29, 0.717) is 36.2 Å². The molecule has 9 heteroatoms. The zero-order chi connectivity index (χ0) is 23.6. The Morgan fingerprint density at radius 1 is 1.21 bits per heavy atom. The standard InChI is InChI=1S/C24H30N4O4S/c1-4-31-20-10-7-6-9-19(20)16-28(13-8-12-27-14-11-25-17-27)24(30)26-21-15-18(3)22(33-21)23(29)32-5-2/h6-7,9-11,14-15,17H,4-5,8,12-13,16H2,1-3H3,(H,26,30). The lowest BCUT2D eigenvalue weighted by molar-refractivity contribution is 0.0531. The van der Waals surface area contributed by atoms with E-state index in [9.17, 15) is 9.59 Å². The summed E-state index contributed by atoms with van der Waals surface area (Å²) in [7, 11) is 0. The molecule has 2 amide bonds. The van der Waals surface area contributed by atoms with Gasteiger partial charge < -0.3 is 18.9 Å². The zero-order valence-corrected chi connectivity index (χ0v) is 20.1. The van der Waals surface area contributed by atoms with Crippen molar-refractivity contribution >= 4 is 28.3 Å². The number of esters is 1. The van der Waals surface area contributed by atoms with Crippen LogP contribution in [0.15, 0.2) is 49.1 Å². The SMILES string of the molecule is CCOC(=O)c1sc(NC(=O)N(CCCn2ccnc2)Cc2ccccc2OCC)cc1C. The Bertz CT molecular complexity index is 1050. The number of carbonyl (C=O) groups is 2. The highest BCUT2D eigenvalue weighted by atomic mass is 32.1. The number of nitrogens with one attached hydrogen (secondary N) is 1. The van der Waals surface area contributed by atoms with Crippen molar-refractivity contribution < 1.29 is 19.1 Å². The first-order valence-electron chi connectivity index (χ1n) is 11.0. The van der Waals surface area contributed by atoms with Crippen LogP contribution in [0.25, 0.3) is 0 Å². The molecule has 0 unspecified atom stereocenters. The summed E-state index contributed by atoms with van der Waals surface area (Å²) >= 11 is 1.22. The minimum absolute atomic E-state index is 0.233. The Balaban J connectivity index is 1.74. The normalized spacial score (nSPS) is 10.6. The number of anilines is 1. The first-order chi connectivity index (χ1) is 16.0. The minimum Gasteiger partial charge on any atom is -0.494 e. The summed E-state index contributed by atoms with van der Waals surface area (Å²) in [5, 5.41) is 3.56. The monoisotopic (exact) mass is 470 g/mol. The van der Waals surface area contributed by atoms with Crippen LogP contribution in [0.3, 0.4) is 0 Å². The van der Waals surface area contributed by atoms with E-state index in [1.54, 1.807) is 30.4 Å². The number of hydrogen-bond donors (Lipinski definition) is 1. The van der Waals surface area contributed by atoms with E-state index in [-0.39, 0.29) is 12.0 Å². The third kappa shape index (κ3) is 6.82. The van der Waals surface area contributed by atoms with Gasteiger partial charge in [0.25, 0.3) is 0 Å². The number of aromatic nitrogens is 2. The number of aryl methyl sites for hydroxylation is 2. The Kier molecular flexibility index (Phi) is 8.88. The van der Waals surface area contributed by atoms with Gasteiger partial charge in [0.1, 0.15) is 10.6 Å². The van der Waals surface area contributed by atoms with Crippen LogP contribution in [-0.2, 0) is 17.8 Å². The number of rotatable bonds is 11. The summed E-state index contributed by atoms with van der Waals surface area (Å²) in [6.45, 7) is 8.09. The third-order valence-electron chi connectivity index (χ3n) is 4.93. The number of imidazole rings is 1. The highest BCUT2D eigenvalue weighted by Crippen LogP contribution is 2.28. The van der Waals surface area contributed by atoms with Crippen molar-refractivity contribution in [3.63, 3.8) is 0 Å². The van der Waals surface area contributed by atoms with Gasteiger partial charge in [0.15, 0.2) is 0 Å². The molecular formula is C24H30N4O4S. The maximum atomic E-state index is 13.2. The zero-order valence-electron chi connectivity index (χ0n) is 19.2. The molecule has 1 aromatic carbocycles. The fraction of sp³-hybridized carbons (Fsp3) is 0.375. The molecule has 3 rings (SSSR count). The van der Waals surface area contributed by atoms with Gasteiger partial charge in [-0.15, -0.1) is 11.3 Å². The number of ether oxygens (including phenoxy) is 2. The van der Waals surface area contributed by atoms with Crippen LogP contribution in [0.1, 0.15) is 41.1 Å². The molecule has 0 aliphatic heterocycles. The quantitative estimate of drug-likeness (QED) is 0.401. The summed E-state index contributed by atoms with van der Waals surface area (Å²) in [5.74, 6) is 0.396. The maximum absolute atomic E-state index is 13.2. The summed E-state index contributed by atoms with van der Waals surface area (Å²) in [6, 6.07) is 9.30. The van der Waals surface area contributed by atoms with E-state index in [1.165, 1.54) is 11.3 Å². The molecule has 0 saturated heterocycles. The first-order valence-corrected chi connectivity index (χ1v) is 11.8. The van der Waals surface area contributed by atoms with Crippen LogP contribution < -0.4 is 10.1 Å². The molecule has 0 bridgehead atoms. The van der Waals surface area contributed by atoms with Crippen molar-refractivity contribution in [3.05, 3.63) is 65.1 Å². The second-order valence-corrected chi connectivity index (χ2v) is 8.44. The van der Waals surface area contributed by atoms with E-state index in [4.69, 9.17) is 9.47 Å². The smallest absolute Gasteiger partial charge is 0.348 e. The van der Waals surface area contributed by atoms with Crippen LogP contribution in [-0.4, -0.2) is 46.2 Å². The molecule has 0 fully saturated rings. The van der Waals surface area contributed by atoms with Gasteiger partial charge in [0, 0.05) is 31.0 Å². The maximum Gasteiger partial charge on any atom is 0.348 e. The average Bonchev–Trinajstić information content (AvgIpc) is 3.44. The van der Waals surface area contributed by atoms with E-state index in [1.807, 2.05) is 48.9 Å². The predicted octanol–water partition coefficient (Wildman–Crippen LogP) is 4.95. The largest absolute Gasteiger partial charge is 0.494 e. The lowest BCUT2D eigenvalue weighted by atomic mass is 10.2. The third-order valence-corrected chi connectivity index (χ3v) is 6.07. The Morgan fingerprint density at radius 3 is 2.76 bits per heavy atom. The summed E-state index contributed by atoms with van der Waals surface area (Å²) < 4.78 is 12.8. The van der Waals surface area contributed by atoms with Crippen molar-refractivity contribution in [2.75, 3.05) is 25.1 Å². The summed E-state index contributed by atoms with van der Waals surface area (Å²) in [5.41, 5.74) is 1.72. The Hall–Kier alpha value is -3.33. The van der Waals surface area contributed by atoms with Crippen LogP contribution in [0.4, 0.5) is 9.80 Å². The van der Waals surface area contributed by atoms with Crippen LogP contribution >= 0.6 is 11.3 Å². The average molecular weight is 471 g/mol. The van der Waals surface area contributed by atoms with Gasteiger partial charge in [-0.2, -0.15) is 0 Å². The van der Waals surface area contributed by atoms with E-state index in [0.717, 1.165) is 29.8 Å². The van der Waals surface area contributed by atoms with Crippen molar-refractivity contribution in [1.29, 1.82) is 0 Å². The van der Waals surface area contributed by atoms with E-state index >= 15 is 0 Å². The van der Waals surface area contributed by atoms with Gasteiger partial charge in [-0.3, -0.25) is 5.32 Å². The molecule has 2 heterocycles. The van der Waals surface area contributed by atoms with E-state index < -0.39 is 0 Å². The molecule has 3 aromatic rings. The lowest BCUT2D eigenvalue weighted by Crippen LogP contribution is -2.35. The Morgan fingerprint density at radius 2 is 2.03 bits per heavy atom. The molecular weight excluding hydrogens is 440 g/mol. The molecule has 176 valence electrons. The first kappa shape index (κ1) is 24.3. The van der Waals surface area contributed by atoms with Gasteiger partial charge in [0.2, 0.25) is 0 Å². The molecule has 0 aliphatic carbocycles. The number of carbonyl (C=O) groups excluding carboxylic acids is 2. The molecule has 0 radical (unpaired) electrons. The van der Waals surface area contributed by atoms with Crippen molar-refractivity contribution in [2.45, 2.75) is 40.3 Å². The number of para-hydroxylation sites is 1. The van der Waals surface area contributed by atoms with Gasteiger partial charge in [-0.1, -0.05) is 18.2 Å². The lowest BCUT2D eigenvalue weighted by Gasteiger charge is -2.24. The fourth-order valence-corrected chi connectivity index (χ4v) is 4.34. The second-order valence-electron chi connectivity index (χ2n) is 7.39. The summed E-state index contributed by atoms with van der Waals surface area (Å²) in [6.07, 6.45) is 6.17. The number of hydrogen-bond acceptors (Lipinski definition) is 6. The molecule has 0 aliphatic rings. The fourth-order valence-electron chi connectivity index (χ4n) is 3.38. The molecule has 8 nitrogen and oxygen atoms in total. The number of amides is 2. The van der Waals surface area contributed by atoms with E-state index in [2.05, 4.69) is 10.3 Å². The second kappa shape index (κ2) is 12.1. The number of urea groups is 1. The van der Waals surface area contributed by atoms with Crippen LogP contribution in [0.5, 0.6) is 5.75 Å². The topological polar surface area (TPSA) is 85.7 Å². The van der Waals surface area contributed by atoms with Crippen LogP contribution in [0, 0.1) is 6.92 Å². The predicted molar refractivity (Wildman–Crippen MR) is 129 cm³/mol. The highest BCUT2D eigenvalue weighted by Gasteiger charge is 2.20. The van der Waals surface area contributed by atoms with Crippen LogP contribution in [0.2, 0.25) is 0 Å². The number of nitrogens with zero attached hydrogens (tertiary/aromatic N) is 3. The minimum atomic E-state index is -0.372. The van der Waals surface area contributed by atoms with Gasteiger partial charge in [0.05, 0.1) is 31.1 Å². The number of thiophene rings is 1. The van der Waals surface area contributed by atoms with Crippen molar-refractivity contribution in [1.82, 2.24) is 14.5 Å². The molecule has 0 saturated carbocycles.